The van der Waals surface area contributed by atoms with E-state index in [0.29, 0.717) is 5.58 Å². The molecule has 0 bridgehead atoms. The van der Waals surface area contributed by atoms with E-state index in [1.165, 1.54) is 23.3 Å². The number of hydrogen-bond donors (Lipinski definition) is 1. The average Bonchev–Trinajstić information content (AvgIpc) is 3.31. The molecule has 0 amide bonds. The van der Waals surface area contributed by atoms with Gasteiger partial charge < -0.3 is 14.0 Å². The van der Waals surface area contributed by atoms with Crippen LogP contribution in [0.5, 0.6) is 5.75 Å². The normalized spacial score (nSPS) is 16.9. The highest BCUT2D eigenvalue weighted by molar-refractivity contribution is 7.89. The zero-order valence-electron chi connectivity index (χ0n) is 20.7. The van der Waals surface area contributed by atoms with E-state index in [0.717, 1.165) is 54.4 Å². The third-order valence-electron chi connectivity index (χ3n) is 6.74. The smallest absolute Gasteiger partial charge is 0.336 e. The van der Waals surface area contributed by atoms with Crippen LogP contribution in [0.4, 0.5) is 0 Å². The van der Waals surface area contributed by atoms with Gasteiger partial charge in [-0.3, -0.25) is 0 Å². The van der Waals surface area contributed by atoms with Crippen LogP contribution in [0.1, 0.15) is 55.4 Å². The lowest BCUT2D eigenvalue weighted by Crippen LogP contribution is -2.32. The quantitative estimate of drug-likeness (QED) is 0.396. The van der Waals surface area contributed by atoms with Gasteiger partial charge in [0.2, 0.25) is 10.0 Å². The number of carbonyl (C=O) groups is 1. The third-order valence-corrected chi connectivity index (χ3v) is 8.21. The van der Waals surface area contributed by atoms with E-state index >= 15 is 0 Å². The number of fused-ring (bicyclic) bond motifs is 4. The fraction of sp³-hybridized carbons (Fsp3) is 0.407. The maximum absolute atomic E-state index is 12.4. The summed E-state index contributed by atoms with van der Waals surface area (Å²) in [5.41, 5.74) is 4.95. The zero-order valence-corrected chi connectivity index (χ0v) is 21.5. The number of ether oxygens (including phenoxy) is 1. The van der Waals surface area contributed by atoms with Gasteiger partial charge in [0.15, 0.2) is 0 Å². The van der Waals surface area contributed by atoms with Crippen LogP contribution in [0.15, 0.2) is 50.9 Å². The Morgan fingerprint density at radius 2 is 1.86 bits per heavy atom. The molecule has 8 nitrogen and oxygen atoms in total. The van der Waals surface area contributed by atoms with Crippen LogP contribution in [0, 0.1) is 6.92 Å². The molecular weight excluding hydrogens is 480 g/mol. The molecule has 0 saturated carbocycles. The van der Waals surface area contributed by atoms with Crippen LogP contribution in [-0.2, 0) is 38.9 Å². The lowest BCUT2D eigenvalue weighted by atomic mass is 9.92. The highest BCUT2D eigenvalue weighted by Gasteiger charge is 2.28. The van der Waals surface area contributed by atoms with Gasteiger partial charge in [-0.05, 0) is 87.4 Å². The number of carbonyl (C=O) groups excluding carboxylic acids is 1. The molecule has 1 N–H and O–H groups in total. The van der Waals surface area contributed by atoms with Crippen molar-refractivity contribution in [2.75, 3.05) is 6.54 Å². The second kappa shape index (κ2) is 9.37. The minimum absolute atomic E-state index is 0.100. The molecular formula is C27H30N2O6S. The molecule has 0 atom stereocenters. The topological polar surface area (TPSA) is 107 Å². The average molecular weight is 511 g/mol. The number of hydrogen-bond acceptors (Lipinski definition) is 7. The van der Waals surface area contributed by atoms with Gasteiger partial charge >= 0.3 is 5.97 Å². The van der Waals surface area contributed by atoms with Crippen molar-refractivity contribution in [3.63, 3.8) is 0 Å². The Morgan fingerprint density at radius 3 is 2.64 bits per heavy atom. The van der Waals surface area contributed by atoms with Crippen molar-refractivity contribution in [1.29, 1.82) is 0 Å². The Balaban J connectivity index is 1.32. The summed E-state index contributed by atoms with van der Waals surface area (Å²) in [6.07, 6.45) is 4.41. The van der Waals surface area contributed by atoms with Gasteiger partial charge in [0.1, 0.15) is 16.9 Å². The fourth-order valence-corrected chi connectivity index (χ4v) is 5.78. The summed E-state index contributed by atoms with van der Waals surface area (Å²) in [6, 6.07) is 10.5. The van der Waals surface area contributed by atoms with Gasteiger partial charge in [-0.15, -0.1) is 0 Å². The van der Waals surface area contributed by atoms with Crippen molar-refractivity contribution in [1.82, 2.24) is 4.72 Å². The van der Waals surface area contributed by atoms with Crippen LogP contribution in [0.25, 0.3) is 11.0 Å². The van der Waals surface area contributed by atoms with E-state index in [9.17, 15) is 13.2 Å². The Labute approximate surface area is 210 Å². The molecule has 0 radical (unpaired) electrons. The van der Waals surface area contributed by atoms with Crippen LogP contribution in [-0.4, -0.2) is 26.5 Å². The highest BCUT2D eigenvalue weighted by Crippen LogP contribution is 2.38. The minimum atomic E-state index is -3.71. The van der Waals surface area contributed by atoms with Crippen molar-refractivity contribution in [3.05, 3.63) is 64.2 Å². The zero-order chi connectivity index (χ0) is 25.5. The van der Waals surface area contributed by atoms with Crippen molar-refractivity contribution in [3.8, 4) is 5.75 Å². The molecule has 2 aliphatic rings. The second-order valence-electron chi connectivity index (χ2n) is 10.1. The Bertz CT molecular complexity index is 1500. The molecule has 2 heterocycles. The summed E-state index contributed by atoms with van der Waals surface area (Å²) in [6.45, 7) is 5.92. The van der Waals surface area contributed by atoms with Crippen LogP contribution in [0.3, 0.4) is 0 Å². The predicted octanol–water partition coefficient (Wildman–Crippen LogP) is 4.06. The first kappa shape index (κ1) is 24.5. The molecule has 5 rings (SSSR count). The van der Waals surface area contributed by atoms with Gasteiger partial charge in [-0.25, -0.2) is 17.9 Å². The summed E-state index contributed by atoms with van der Waals surface area (Å²) in [7, 11) is -3.71. The first-order chi connectivity index (χ1) is 17.1. The number of aryl methyl sites for hydroxylation is 3. The molecule has 3 aromatic rings. The monoisotopic (exact) mass is 510 g/mol. The highest BCUT2D eigenvalue weighted by atomic mass is 32.2. The predicted molar refractivity (Wildman–Crippen MR) is 134 cm³/mol. The van der Waals surface area contributed by atoms with Crippen molar-refractivity contribution in [2.45, 2.75) is 69.8 Å². The Hall–Kier alpha value is -3.17. The SMILES string of the molecule is Cc1ccc(S(=O)(=O)NCCC(=O)ON=c2oc3cc4c(cc3c3c2CCC3)CCC(C)(C)O4)cc1. The summed E-state index contributed by atoms with van der Waals surface area (Å²) >= 11 is 0. The van der Waals surface area contributed by atoms with Gasteiger partial charge in [-0.2, -0.15) is 0 Å². The van der Waals surface area contributed by atoms with Crippen LogP contribution < -0.4 is 15.0 Å². The molecule has 0 spiro atoms. The third kappa shape index (κ3) is 5.03. The van der Waals surface area contributed by atoms with Gasteiger partial charge in [-0.1, -0.05) is 17.7 Å². The maximum Gasteiger partial charge on any atom is 0.336 e. The van der Waals surface area contributed by atoms with E-state index in [1.807, 2.05) is 13.0 Å². The van der Waals surface area contributed by atoms with Crippen LogP contribution >= 0.6 is 0 Å². The maximum atomic E-state index is 12.4. The van der Waals surface area contributed by atoms with E-state index in [-0.39, 0.29) is 29.0 Å². The van der Waals surface area contributed by atoms with E-state index in [2.05, 4.69) is 29.8 Å². The van der Waals surface area contributed by atoms with E-state index in [1.54, 1.807) is 12.1 Å². The molecule has 1 aromatic heterocycles. The summed E-state index contributed by atoms with van der Waals surface area (Å²) in [5.74, 6) is 0.156. The van der Waals surface area contributed by atoms with Crippen molar-refractivity contribution in [2.24, 2.45) is 5.16 Å². The number of nitrogens with one attached hydrogen (secondary N) is 1. The first-order valence-electron chi connectivity index (χ1n) is 12.2. The molecule has 1 aliphatic heterocycles. The molecule has 9 heteroatoms. The standard InChI is InChI=1S/C27H30N2O6S/c1-17-7-9-19(10-8-17)36(31,32)28-14-12-25(30)35-29-26-21-6-4-5-20(21)22-15-18-11-13-27(2,3)34-23(18)16-24(22)33-26/h7-10,15-16,28H,4-6,11-14H2,1-3H3. The lowest BCUT2D eigenvalue weighted by Gasteiger charge is -2.32. The number of benzene rings is 2. The summed E-state index contributed by atoms with van der Waals surface area (Å²) in [4.78, 5) is 17.6. The van der Waals surface area contributed by atoms with Gasteiger partial charge in [0, 0.05) is 23.6 Å². The van der Waals surface area contributed by atoms with Crippen molar-refractivity contribution >= 4 is 27.0 Å². The lowest BCUT2D eigenvalue weighted by molar-refractivity contribution is -0.144. The number of sulfonamides is 1. The van der Waals surface area contributed by atoms with Gasteiger partial charge in [0.05, 0.1) is 11.3 Å². The number of rotatable bonds is 6. The molecule has 190 valence electrons. The van der Waals surface area contributed by atoms with E-state index < -0.39 is 16.0 Å². The summed E-state index contributed by atoms with van der Waals surface area (Å²) < 4.78 is 39.4. The molecule has 2 aromatic carbocycles. The van der Waals surface area contributed by atoms with E-state index in [4.69, 9.17) is 14.0 Å². The first-order valence-corrected chi connectivity index (χ1v) is 13.7. The number of nitrogens with zero attached hydrogens (tertiary/aromatic N) is 1. The van der Waals surface area contributed by atoms with Crippen LogP contribution in [0.2, 0.25) is 0 Å². The molecule has 0 fully saturated rings. The van der Waals surface area contributed by atoms with Crippen molar-refractivity contribution < 1.29 is 27.2 Å². The largest absolute Gasteiger partial charge is 0.487 e. The molecule has 0 saturated heterocycles. The Kier molecular flexibility index (Phi) is 6.38. The molecule has 0 unspecified atom stereocenters. The van der Waals surface area contributed by atoms with Gasteiger partial charge in [0.25, 0.3) is 5.55 Å². The second-order valence-corrected chi connectivity index (χ2v) is 11.8. The fourth-order valence-electron chi connectivity index (χ4n) is 4.74. The Morgan fingerprint density at radius 1 is 1.11 bits per heavy atom. The minimum Gasteiger partial charge on any atom is -0.487 e. The summed E-state index contributed by atoms with van der Waals surface area (Å²) in [5, 5.41) is 5.07. The molecule has 36 heavy (non-hydrogen) atoms. The molecule has 1 aliphatic carbocycles.